The van der Waals surface area contributed by atoms with Crippen LogP contribution in [0, 0.1) is 0 Å². The lowest BCUT2D eigenvalue weighted by Crippen LogP contribution is -2.10. The van der Waals surface area contributed by atoms with Gasteiger partial charge in [-0.2, -0.15) is 0 Å². The van der Waals surface area contributed by atoms with E-state index in [2.05, 4.69) is 246 Å². The van der Waals surface area contributed by atoms with Gasteiger partial charge in [-0.25, -0.2) is 0 Å². The van der Waals surface area contributed by atoms with Crippen molar-refractivity contribution in [1.29, 1.82) is 0 Å². The van der Waals surface area contributed by atoms with Crippen LogP contribution in [0.2, 0.25) is 0 Å². The second-order valence-electron chi connectivity index (χ2n) is 14.2. The first-order chi connectivity index (χ1) is 27.8. The molecule has 0 radical (unpaired) electrons. The summed E-state index contributed by atoms with van der Waals surface area (Å²) in [6.07, 6.45) is 9.87. The van der Waals surface area contributed by atoms with Crippen LogP contribution in [-0.4, -0.2) is 0 Å². The molecule has 1 aliphatic carbocycles. The number of anilines is 6. The second kappa shape index (κ2) is 16.1. The Labute approximate surface area is 330 Å². The molecule has 0 spiro atoms. The number of nitrogens with zero attached hydrogens (tertiary/aromatic N) is 2. The molecule has 1 unspecified atom stereocenters. The Balaban J connectivity index is 0.998. The van der Waals surface area contributed by atoms with E-state index in [1.807, 2.05) is 0 Å². The van der Waals surface area contributed by atoms with Gasteiger partial charge >= 0.3 is 0 Å². The summed E-state index contributed by atoms with van der Waals surface area (Å²) >= 11 is 0. The van der Waals surface area contributed by atoms with Crippen LogP contribution in [0.3, 0.4) is 0 Å². The highest BCUT2D eigenvalue weighted by atomic mass is 15.1. The predicted molar refractivity (Wildman–Crippen MR) is 238 cm³/mol. The summed E-state index contributed by atoms with van der Waals surface area (Å²) in [6, 6.07) is 76.3. The van der Waals surface area contributed by atoms with Crippen molar-refractivity contribution in [2.45, 2.75) is 12.3 Å². The van der Waals surface area contributed by atoms with Gasteiger partial charge in [0.15, 0.2) is 0 Å². The van der Waals surface area contributed by atoms with Crippen LogP contribution in [0.25, 0.3) is 33.4 Å². The lowest BCUT2D eigenvalue weighted by atomic mass is 9.92. The van der Waals surface area contributed by atoms with Crippen LogP contribution in [0.5, 0.6) is 0 Å². The number of rotatable bonds is 10. The van der Waals surface area contributed by atoms with Gasteiger partial charge in [0.2, 0.25) is 0 Å². The van der Waals surface area contributed by atoms with Gasteiger partial charge in [0.05, 0.1) is 0 Å². The van der Waals surface area contributed by atoms with Gasteiger partial charge in [-0.15, -0.1) is 0 Å². The molecular formula is C54H42N2. The summed E-state index contributed by atoms with van der Waals surface area (Å²) in [6.45, 7) is 0. The zero-order valence-corrected chi connectivity index (χ0v) is 31.2. The number of hydrogen-bond acceptors (Lipinski definition) is 2. The van der Waals surface area contributed by atoms with E-state index >= 15 is 0 Å². The fraction of sp³-hybridized carbons (Fsp3) is 0.0370. The molecule has 9 rings (SSSR count). The first-order valence-electron chi connectivity index (χ1n) is 19.4. The number of para-hydroxylation sites is 2. The molecule has 0 heterocycles. The van der Waals surface area contributed by atoms with Crippen LogP contribution >= 0.6 is 0 Å². The van der Waals surface area contributed by atoms with Crippen molar-refractivity contribution in [2.24, 2.45) is 0 Å². The topological polar surface area (TPSA) is 6.48 Å². The standard InChI is InChI=1S/C54H42N2/c1-5-16-41(17-6-1)47-22-14-28-53(39-47)55(49-24-9-3-10-25-49)51-34-30-43(31-35-51)45-20-13-21-46(38-45)44-32-36-52(37-33-44)56(50-26-11-4-12-27-50)54-29-15-23-48(40-54)42-18-7-2-8-19-42/h1-18,20-40,42H,19H2. The molecule has 8 aromatic rings. The van der Waals surface area contributed by atoms with Crippen LogP contribution in [0.1, 0.15) is 17.9 Å². The Morgan fingerprint density at radius 2 is 0.714 bits per heavy atom. The first kappa shape index (κ1) is 34.6. The van der Waals surface area contributed by atoms with Crippen molar-refractivity contribution in [1.82, 2.24) is 0 Å². The van der Waals surface area contributed by atoms with E-state index in [0.29, 0.717) is 5.92 Å². The average Bonchev–Trinajstić information content (AvgIpc) is 3.29. The van der Waals surface area contributed by atoms with E-state index < -0.39 is 0 Å². The molecule has 0 N–H and O–H groups in total. The molecule has 2 nitrogen and oxygen atoms in total. The minimum Gasteiger partial charge on any atom is -0.310 e. The van der Waals surface area contributed by atoms with E-state index in [0.717, 1.165) is 40.5 Å². The Morgan fingerprint density at radius 3 is 1.25 bits per heavy atom. The molecule has 2 heteroatoms. The minimum atomic E-state index is 0.392. The summed E-state index contributed by atoms with van der Waals surface area (Å²) in [7, 11) is 0. The molecule has 1 atom stereocenters. The van der Waals surface area contributed by atoms with Crippen LogP contribution in [0.15, 0.2) is 237 Å². The van der Waals surface area contributed by atoms with E-state index in [1.165, 1.54) is 38.9 Å². The monoisotopic (exact) mass is 718 g/mol. The number of allylic oxidation sites excluding steroid dienone is 4. The fourth-order valence-corrected chi connectivity index (χ4v) is 7.71. The SMILES string of the molecule is C1=CCC(c2cccc(N(c3ccccc3)c3ccc(-c4cccc(-c5ccc(N(c6ccccc6)c6cccc(-c7ccccc7)c6)cc5)c4)cc3)c2)C=C1. The van der Waals surface area contributed by atoms with Gasteiger partial charge in [0.25, 0.3) is 0 Å². The Kier molecular flexibility index (Phi) is 9.92. The lowest BCUT2D eigenvalue weighted by molar-refractivity contribution is 0.853. The number of hydrogen-bond donors (Lipinski definition) is 0. The minimum absolute atomic E-state index is 0.392. The van der Waals surface area contributed by atoms with Crippen molar-refractivity contribution in [3.63, 3.8) is 0 Å². The first-order valence-corrected chi connectivity index (χ1v) is 19.4. The third-order valence-corrected chi connectivity index (χ3v) is 10.6. The number of benzene rings is 8. The summed E-state index contributed by atoms with van der Waals surface area (Å²) in [4.78, 5) is 4.68. The maximum Gasteiger partial charge on any atom is 0.0467 e. The summed E-state index contributed by atoms with van der Waals surface area (Å²) < 4.78 is 0. The van der Waals surface area contributed by atoms with E-state index in [9.17, 15) is 0 Å². The molecule has 0 amide bonds. The van der Waals surface area contributed by atoms with Crippen molar-refractivity contribution >= 4 is 34.1 Å². The van der Waals surface area contributed by atoms with Gasteiger partial charge < -0.3 is 9.80 Å². The fourth-order valence-electron chi connectivity index (χ4n) is 7.71. The Morgan fingerprint density at radius 1 is 0.304 bits per heavy atom. The molecule has 0 aliphatic heterocycles. The zero-order chi connectivity index (χ0) is 37.5. The molecule has 56 heavy (non-hydrogen) atoms. The maximum absolute atomic E-state index is 2.35. The van der Waals surface area contributed by atoms with E-state index in [-0.39, 0.29) is 0 Å². The second-order valence-corrected chi connectivity index (χ2v) is 14.2. The molecule has 8 aromatic carbocycles. The third kappa shape index (κ3) is 7.46. The van der Waals surface area contributed by atoms with Gasteiger partial charge in [-0.05, 0) is 124 Å². The van der Waals surface area contributed by atoms with Gasteiger partial charge in [0.1, 0.15) is 0 Å². The van der Waals surface area contributed by atoms with Crippen molar-refractivity contribution < 1.29 is 0 Å². The highest BCUT2D eigenvalue weighted by molar-refractivity contribution is 5.83. The summed E-state index contributed by atoms with van der Waals surface area (Å²) in [5.74, 6) is 0.392. The summed E-state index contributed by atoms with van der Waals surface area (Å²) in [5.41, 5.74) is 15.2. The molecular weight excluding hydrogens is 677 g/mol. The van der Waals surface area contributed by atoms with Crippen molar-refractivity contribution in [3.05, 3.63) is 242 Å². The average molecular weight is 719 g/mol. The largest absolute Gasteiger partial charge is 0.310 e. The highest BCUT2D eigenvalue weighted by Gasteiger charge is 2.17. The molecule has 0 bridgehead atoms. The summed E-state index contributed by atoms with van der Waals surface area (Å²) in [5, 5.41) is 0. The molecule has 0 aromatic heterocycles. The molecule has 0 saturated carbocycles. The van der Waals surface area contributed by atoms with Crippen molar-refractivity contribution in [2.75, 3.05) is 9.80 Å². The van der Waals surface area contributed by atoms with Crippen LogP contribution in [-0.2, 0) is 0 Å². The van der Waals surface area contributed by atoms with Crippen LogP contribution < -0.4 is 9.80 Å². The van der Waals surface area contributed by atoms with E-state index in [1.54, 1.807) is 0 Å². The quantitative estimate of drug-likeness (QED) is 0.139. The predicted octanol–water partition coefficient (Wildman–Crippen LogP) is 15.2. The van der Waals surface area contributed by atoms with Crippen molar-refractivity contribution in [3.8, 4) is 33.4 Å². The Hall–Kier alpha value is -7.16. The maximum atomic E-state index is 2.35. The smallest absolute Gasteiger partial charge is 0.0467 e. The van der Waals surface area contributed by atoms with Gasteiger partial charge in [-0.3, -0.25) is 0 Å². The van der Waals surface area contributed by atoms with Gasteiger partial charge in [-0.1, -0.05) is 158 Å². The molecule has 268 valence electrons. The van der Waals surface area contributed by atoms with E-state index in [4.69, 9.17) is 0 Å². The zero-order valence-electron chi connectivity index (χ0n) is 31.2. The Bertz CT molecular complexity index is 2590. The van der Waals surface area contributed by atoms with Crippen LogP contribution in [0.4, 0.5) is 34.1 Å². The normalized spacial score (nSPS) is 13.3. The molecule has 0 fully saturated rings. The molecule has 0 saturated heterocycles. The van der Waals surface area contributed by atoms with Gasteiger partial charge in [0, 0.05) is 40.0 Å². The molecule has 1 aliphatic rings. The lowest BCUT2D eigenvalue weighted by Gasteiger charge is -2.27. The third-order valence-electron chi connectivity index (χ3n) is 10.6. The highest BCUT2D eigenvalue weighted by Crippen LogP contribution is 2.40.